The average Bonchev–Trinajstić information content (AvgIpc) is 2.65. The van der Waals surface area contributed by atoms with E-state index in [4.69, 9.17) is 0 Å². The summed E-state index contributed by atoms with van der Waals surface area (Å²) >= 11 is 0. The van der Waals surface area contributed by atoms with Crippen molar-refractivity contribution in [1.29, 1.82) is 0 Å². The Balaban J connectivity index is 1.70. The van der Waals surface area contributed by atoms with Crippen LogP contribution in [0.3, 0.4) is 0 Å². The Hall–Kier alpha value is -0.870. The largest absolute Gasteiger partial charge is 0.338 e. The molecule has 0 aromatic carbocycles. The summed E-state index contributed by atoms with van der Waals surface area (Å²) in [6.45, 7) is 8.13. The number of hydrogen-bond acceptors (Lipinski definition) is 3. The van der Waals surface area contributed by atoms with Crippen LogP contribution in [0.4, 0.5) is 0 Å². The van der Waals surface area contributed by atoms with Gasteiger partial charge in [0.2, 0.25) is 0 Å². The standard InChI is InChI=1S/C15H28N4/c1-13(2)19-10-4-5-14(7-11-19)16-8-6-15-17-9-12-18(15)3/h9,12-14,16H,4-8,10-11H2,1-3H3. The molecule has 1 atom stereocenters. The van der Waals surface area contributed by atoms with Gasteiger partial charge in [0, 0.05) is 44.5 Å². The fraction of sp³-hybridized carbons (Fsp3) is 0.800. The normalized spacial score (nSPS) is 21.8. The summed E-state index contributed by atoms with van der Waals surface area (Å²) < 4.78 is 2.11. The van der Waals surface area contributed by atoms with Crippen LogP contribution in [-0.4, -0.2) is 46.2 Å². The minimum Gasteiger partial charge on any atom is -0.338 e. The molecule has 1 fully saturated rings. The van der Waals surface area contributed by atoms with Crippen LogP contribution in [0.25, 0.3) is 0 Å². The predicted octanol–water partition coefficient (Wildman–Crippen LogP) is 1.82. The van der Waals surface area contributed by atoms with Gasteiger partial charge in [0.1, 0.15) is 5.82 Å². The first-order valence-electron chi connectivity index (χ1n) is 7.60. The van der Waals surface area contributed by atoms with Crippen molar-refractivity contribution >= 4 is 0 Å². The van der Waals surface area contributed by atoms with E-state index in [0.29, 0.717) is 12.1 Å². The van der Waals surface area contributed by atoms with Crippen LogP contribution < -0.4 is 5.32 Å². The van der Waals surface area contributed by atoms with E-state index in [-0.39, 0.29) is 0 Å². The predicted molar refractivity (Wildman–Crippen MR) is 79.3 cm³/mol. The summed E-state index contributed by atoms with van der Waals surface area (Å²) in [7, 11) is 2.06. The lowest BCUT2D eigenvalue weighted by Gasteiger charge is -2.24. The van der Waals surface area contributed by atoms with Crippen molar-refractivity contribution in [2.24, 2.45) is 7.05 Å². The van der Waals surface area contributed by atoms with Gasteiger partial charge in [-0.15, -0.1) is 0 Å². The van der Waals surface area contributed by atoms with Gasteiger partial charge in [-0.1, -0.05) is 0 Å². The maximum absolute atomic E-state index is 4.37. The molecule has 0 spiro atoms. The zero-order chi connectivity index (χ0) is 13.7. The summed E-state index contributed by atoms with van der Waals surface area (Å²) in [6.07, 6.45) is 8.82. The number of imidazole rings is 1. The number of likely N-dealkylation sites (tertiary alicyclic amines) is 1. The highest BCUT2D eigenvalue weighted by atomic mass is 15.1. The summed E-state index contributed by atoms with van der Waals surface area (Å²) in [5.74, 6) is 1.17. The summed E-state index contributed by atoms with van der Waals surface area (Å²) in [6, 6.07) is 1.37. The highest BCUT2D eigenvalue weighted by molar-refractivity contribution is 4.92. The van der Waals surface area contributed by atoms with E-state index in [9.17, 15) is 0 Å². The Labute approximate surface area is 117 Å². The van der Waals surface area contributed by atoms with Crippen LogP contribution in [0.2, 0.25) is 0 Å². The van der Waals surface area contributed by atoms with Gasteiger partial charge in [-0.05, 0) is 46.2 Å². The van der Waals surface area contributed by atoms with Gasteiger partial charge >= 0.3 is 0 Å². The monoisotopic (exact) mass is 264 g/mol. The van der Waals surface area contributed by atoms with Gasteiger partial charge in [0.05, 0.1) is 0 Å². The van der Waals surface area contributed by atoms with Crippen LogP contribution >= 0.6 is 0 Å². The summed E-state index contributed by atoms with van der Waals surface area (Å²) in [4.78, 5) is 6.96. The number of nitrogens with one attached hydrogen (secondary N) is 1. The van der Waals surface area contributed by atoms with Gasteiger partial charge in [0.15, 0.2) is 0 Å². The van der Waals surface area contributed by atoms with Crippen molar-refractivity contribution in [2.45, 2.75) is 51.6 Å². The highest BCUT2D eigenvalue weighted by Gasteiger charge is 2.18. The second kappa shape index (κ2) is 7.06. The minimum absolute atomic E-state index is 0.684. The first-order chi connectivity index (χ1) is 9.16. The van der Waals surface area contributed by atoms with Crippen molar-refractivity contribution in [3.63, 3.8) is 0 Å². The molecular weight excluding hydrogens is 236 g/mol. The van der Waals surface area contributed by atoms with Crippen LogP contribution in [0, 0.1) is 0 Å². The van der Waals surface area contributed by atoms with Gasteiger partial charge < -0.3 is 14.8 Å². The van der Waals surface area contributed by atoms with E-state index in [2.05, 4.69) is 40.7 Å². The first kappa shape index (κ1) is 14.5. The molecule has 1 N–H and O–H groups in total. The van der Waals surface area contributed by atoms with Crippen molar-refractivity contribution in [3.05, 3.63) is 18.2 Å². The zero-order valence-corrected chi connectivity index (χ0v) is 12.6. The molecule has 4 heteroatoms. The van der Waals surface area contributed by atoms with Gasteiger partial charge in [-0.25, -0.2) is 4.98 Å². The molecule has 0 saturated carbocycles. The minimum atomic E-state index is 0.684. The number of aromatic nitrogens is 2. The van der Waals surface area contributed by atoms with Gasteiger partial charge in [-0.2, -0.15) is 0 Å². The molecule has 0 bridgehead atoms. The fourth-order valence-corrected chi connectivity index (χ4v) is 2.86. The Morgan fingerprint density at radius 2 is 2.21 bits per heavy atom. The highest BCUT2D eigenvalue weighted by Crippen LogP contribution is 2.13. The lowest BCUT2D eigenvalue weighted by molar-refractivity contribution is 0.229. The van der Waals surface area contributed by atoms with Gasteiger partial charge in [0.25, 0.3) is 0 Å². The third kappa shape index (κ3) is 4.32. The SMILES string of the molecule is CC(C)N1CCCC(NCCc2nccn2C)CC1. The summed E-state index contributed by atoms with van der Waals surface area (Å²) in [5.41, 5.74) is 0. The number of aryl methyl sites for hydroxylation is 1. The van der Waals surface area contributed by atoms with E-state index < -0.39 is 0 Å². The second-order valence-electron chi connectivity index (χ2n) is 5.92. The van der Waals surface area contributed by atoms with Crippen LogP contribution in [-0.2, 0) is 13.5 Å². The second-order valence-corrected chi connectivity index (χ2v) is 5.92. The molecule has 1 aromatic heterocycles. The van der Waals surface area contributed by atoms with Crippen molar-refractivity contribution in [3.8, 4) is 0 Å². The molecule has 4 nitrogen and oxygen atoms in total. The number of nitrogens with zero attached hydrogens (tertiary/aromatic N) is 3. The lowest BCUT2D eigenvalue weighted by atomic mass is 10.1. The molecule has 2 heterocycles. The van der Waals surface area contributed by atoms with Crippen molar-refractivity contribution in [1.82, 2.24) is 19.8 Å². The topological polar surface area (TPSA) is 33.1 Å². The molecule has 1 saturated heterocycles. The van der Waals surface area contributed by atoms with E-state index >= 15 is 0 Å². The Kier molecular flexibility index (Phi) is 5.40. The molecule has 0 aliphatic carbocycles. The maximum atomic E-state index is 4.37. The average molecular weight is 264 g/mol. The molecule has 1 aromatic rings. The van der Waals surface area contributed by atoms with Gasteiger partial charge in [-0.3, -0.25) is 0 Å². The maximum Gasteiger partial charge on any atom is 0.109 e. The van der Waals surface area contributed by atoms with Crippen LogP contribution in [0.1, 0.15) is 38.9 Å². The molecule has 19 heavy (non-hydrogen) atoms. The van der Waals surface area contributed by atoms with E-state index in [1.807, 2.05) is 12.4 Å². The molecule has 1 unspecified atom stereocenters. The Bertz CT molecular complexity index is 372. The third-order valence-corrected chi connectivity index (χ3v) is 4.20. The zero-order valence-electron chi connectivity index (χ0n) is 12.6. The first-order valence-corrected chi connectivity index (χ1v) is 7.60. The Morgan fingerprint density at radius 1 is 1.37 bits per heavy atom. The summed E-state index contributed by atoms with van der Waals surface area (Å²) in [5, 5.41) is 3.71. The fourth-order valence-electron chi connectivity index (χ4n) is 2.86. The number of hydrogen-bond donors (Lipinski definition) is 1. The van der Waals surface area contributed by atoms with E-state index in [0.717, 1.165) is 13.0 Å². The van der Waals surface area contributed by atoms with Crippen molar-refractivity contribution < 1.29 is 0 Å². The molecular formula is C15H28N4. The molecule has 1 aliphatic rings. The van der Waals surface area contributed by atoms with Crippen LogP contribution in [0.15, 0.2) is 12.4 Å². The van der Waals surface area contributed by atoms with E-state index in [1.54, 1.807) is 0 Å². The molecule has 1 aliphatic heterocycles. The quantitative estimate of drug-likeness (QED) is 0.880. The molecule has 2 rings (SSSR count). The smallest absolute Gasteiger partial charge is 0.109 e. The number of rotatable bonds is 5. The molecule has 0 amide bonds. The molecule has 108 valence electrons. The van der Waals surface area contributed by atoms with Crippen molar-refractivity contribution in [2.75, 3.05) is 19.6 Å². The molecule has 0 radical (unpaired) electrons. The Morgan fingerprint density at radius 3 is 2.89 bits per heavy atom. The lowest BCUT2D eigenvalue weighted by Crippen LogP contribution is -2.34. The van der Waals surface area contributed by atoms with Crippen LogP contribution in [0.5, 0.6) is 0 Å². The third-order valence-electron chi connectivity index (χ3n) is 4.20. The van der Waals surface area contributed by atoms with E-state index in [1.165, 1.54) is 38.2 Å².